The highest BCUT2D eigenvalue weighted by atomic mass is 32.1. The number of thiophene rings is 1. The zero-order valence-corrected chi connectivity index (χ0v) is 23.4. The molecule has 0 atom stereocenters. The quantitative estimate of drug-likeness (QED) is 0.133. The lowest BCUT2D eigenvalue weighted by Gasteiger charge is -2.11. The smallest absolute Gasteiger partial charge is 0.181 e. The number of aromatic amines is 2. The molecule has 0 bridgehead atoms. The van der Waals surface area contributed by atoms with Crippen LogP contribution in [0.4, 0.5) is 0 Å². The van der Waals surface area contributed by atoms with E-state index >= 15 is 0 Å². The molecule has 0 amide bonds. The maximum Gasteiger partial charge on any atom is 0.181 e. The van der Waals surface area contributed by atoms with E-state index in [4.69, 9.17) is 0 Å². The highest BCUT2D eigenvalue weighted by Gasteiger charge is 2.16. The summed E-state index contributed by atoms with van der Waals surface area (Å²) >= 11 is 1.82. The molecule has 4 aromatic heterocycles. The minimum absolute atomic E-state index is 0.686. The zero-order chi connectivity index (χ0) is 26.8. The Morgan fingerprint density at radius 1 is 1.18 bits per heavy atom. The van der Waals surface area contributed by atoms with Crippen LogP contribution in [0.2, 0.25) is 0 Å². The summed E-state index contributed by atoms with van der Waals surface area (Å²) in [5, 5.41) is 13.5. The first-order valence-electron chi connectivity index (χ1n) is 13.7. The average Bonchev–Trinajstić information content (AvgIpc) is 3.74. The molecule has 0 unspecified atom stereocenters. The summed E-state index contributed by atoms with van der Waals surface area (Å²) < 4.78 is 0. The highest BCUT2D eigenvalue weighted by molar-refractivity contribution is 7.15. The Hall–Kier alpha value is -3.81. The number of aryl methyl sites for hydroxylation is 1. The number of benzene rings is 1. The summed E-state index contributed by atoms with van der Waals surface area (Å²) in [6.45, 7) is 9.96. The summed E-state index contributed by atoms with van der Waals surface area (Å²) in [5.74, 6) is 0.823. The lowest BCUT2D eigenvalue weighted by molar-refractivity contribution is 0.502. The van der Waals surface area contributed by atoms with Crippen LogP contribution in [0.3, 0.4) is 0 Å². The summed E-state index contributed by atoms with van der Waals surface area (Å²) in [4.78, 5) is 14.9. The minimum Gasteiger partial charge on any atom is -0.353 e. The van der Waals surface area contributed by atoms with Crippen LogP contribution in [0, 0.1) is 12.8 Å². The Labute approximate surface area is 233 Å². The molecule has 0 saturated heterocycles. The number of hydrogen-bond acceptors (Lipinski definition) is 5. The second kappa shape index (κ2) is 11.1. The number of H-pyrrole nitrogens is 2. The van der Waals surface area contributed by atoms with Crippen molar-refractivity contribution in [2.45, 2.75) is 39.5 Å². The van der Waals surface area contributed by atoms with Crippen molar-refractivity contribution in [1.82, 2.24) is 25.5 Å². The summed E-state index contributed by atoms with van der Waals surface area (Å²) in [5.41, 5.74) is 8.16. The van der Waals surface area contributed by atoms with E-state index in [-0.39, 0.29) is 0 Å². The topological polar surface area (TPSA) is 81.8 Å². The maximum atomic E-state index is 4.67. The standard InChI is InChI=1S/C32H34N6S/c1-20(16-34-17-22-7-4-5-8-22)13-23(18-33-3)24-14-27-31(37-38-32(27)35-19-24)29-15-26-25(9-6-10-28(26)36-29)30-12-11-21(2)39-30/h6,9-15,18-19,22,34,36H,3-5,7-8,16-17H2,1-2H3,(H,35,37,38)/b20-13+,23-18+. The van der Waals surface area contributed by atoms with Gasteiger partial charge in [-0.15, -0.1) is 11.3 Å². The van der Waals surface area contributed by atoms with E-state index in [9.17, 15) is 0 Å². The van der Waals surface area contributed by atoms with E-state index in [1.54, 1.807) is 6.20 Å². The second-order valence-electron chi connectivity index (χ2n) is 10.6. The summed E-state index contributed by atoms with van der Waals surface area (Å²) in [6.07, 6.45) is 11.3. The molecule has 0 spiro atoms. The Balaban J connectivity index is 1.31. The Bertz CT molecular complexity index is 1690. The van der Waals surface area contributed by atoms with Crippen molar-refractivity contribution in [3.05, 3.63) is 77.0 Å². The summed E-state index contributed by atoms with van der Waals surface area (Å²) in [6, 6.07) is 15.1. The molecular weight excluding hydrogens is 500 g/mol. The van der Waals surface area contributed by atoms with Gasteiger partial charge in [0.05, 0.1) is 11.4 Å². The number of nitrogens with one attached hydrogen (secondary N) is 3. The molecule has 3 N–H and O–H groups in total. The van der Waals surface area contributed by atoms with Crippen molar-refractivity contribution in [2.75, 3.05) is 13.1 Å². The van der Waals surface area contributed by atoms with Crippen LogP contribution in [-0.2, 0) is 0 Å². The first kappa shape index (κ1) is 25.5. The van der Waals surface area contributed by atoms with Gasteiger partial charge in [-0.25, -0.2) is 4.98 Å². The van der Waals surface area contributed by atoms with Gasteiger partial charge in [0, 0.05) is 61.7 Å². The highest BCUT2D eigenvalue weighted by Crippen LogP contribution is 2.37. The minimum atomic E-state index is 0.686. The van der Waals surface area contributed by atoms with Crippen LogP contribution >= 0.6 is 11.3 Å². The van der Waals surface area contributed by atoms with E-state index in [0.717, 1.165) is 52.4 Å². The molecule has 39 heavy (non-hydrogen) atoms. The second-order valence-corrected chi connectivity index (χ2v) is 11.9. The fourth-order valence-electron chi connectivity index (χ4n) is 5.64. The number of pyridine rings is 1. The van der Waals surface area contributed by atoms with Gasteiger partial charge in [0.15, 0.2) is 5.65 Å². The van der Waals surface area contributed by atoms with Crippen LogP contribution in [0.5, 0.6) is 0 Å². The van der Waals surface area contributed by atoms with Crippen molar-refractivity contribution in [3.63, 3.8) is 0 Å². The number of aromatic nitrogens is 4. The molecular formula is C32H34N6S. The lowest BCUT2D eigenvalue weighted by Crippen LogP contribution is -2.22. The molecule has 0 radical (unpaired) electrons. The number of rotatable bonds is 9. The fraction of sp³-hybridized carbons (Fsp3) is 0.281. The molecule has 1 fully saturated rings. The molecule has 1 saturated carbocycles. The van der Waals surface area contributed by atoms with Crippen molar-refractivity contribution >= 4 is 45.6 Å². The molecule has 6 nitrogen and oxygen atoms in total. The van der Waals surface area contributed by atoms with Crippen LogP contribution < -0.4 is 5.32 Å². The molecule has 6 rings (SSSR count). The first-order chi connectivity index (χ1) is 19.1. The number of fused-ring (bicyclic) bond motifs is 2. The third-order valence-corrected chi connectivity index (χ3v) is 8.66. The van der Waals surface area contributed by atoms with Gasteiger partial charge < -0.3 is 10.3 Å². The van der Waals surface area contributed by atoms with Crippen LogP contribution in [0.25, 0.3) is 49.3 Å². The zero-order valence-electron chi connectivity index (χ0n) is 22.6. The molecule has 7 heteroatoms. The van der Waals surface area contributed by atoms with Crippen LogP contribution in [0.1, 0.15) is 43.0 Å². The summed E-state index contributed by atoms with van der Waals surface area (Å²) in [7, 11) is 0. The lowest BCUT2D eigenvalue weighted by atomic mass is 10.0. The van der Waals surface area contributed by atoms with Crippen molar-refractivity contribution < 1.29 is 0 Å². The normalized spacial score (nSPS) is 15.1. The third kappa shape index (κ3) is 5.37. The number of hydrogen-bond donors (Lipinski definition) is 3. The largest absolute Gasteiger partial charge is 0.353 e. The van der Waals surface area contributed by atoms with Gasteiger partial charge in [-0.1, -0.05) is 36.6 Å². The maximum absolute atomic E-state index is 4.67. The monoisotopic (exact) mass is 534 g/mol. The molecule has 0 aliphatic heterocycles. The number of aliphatic imine (C=N–C) groups is 1. The van der Waals surface area contributed by atoms with Crippen molar-refractivity contribution in [2.24, 2.45) is 10.9 Å². The van der Waals surface area contributed by atoms with Gasteiger partial charge in [0.1, 0.15) is 0 Å². The predicted octanol–water partition coefficient (Wildman–Crippen LogP) is 7.91. The Morgan fingerprint density at radius 3 is 2.85 bits per heavy atom. The molecule has 1 aliphatic carbocycles. The predicted molar refractivity (Wildman–Crippen MR) is 165 cm³/mol. The molecule has 1 aliphatic rings. The van der Waals surface area contributed by atoms with Gasteiger partial charge in [-0.2, -0.15) is 5.10 Å². The van der Waals surface area contributed by atoms with Crippen LogP contribution in [0.15, 0.2) is 71.5 Å². The van der Waals surface area contributed by atoms with Gasteiger partial charge >= 0.3 is 0 Å². The van der Waals surface area contributed by atoms with E-state index in [1.807, 2.05) is 17.5 Å². The first-order valence-corrected chi connectivity index (χ1v) is 14.5. The third-order valence-electron chi connectivity index (χ3n) is 7.63. The van der Waals surface area contributed by atoms with E-state index in [2.05, 4.69) is 99.6 Å². The van der Waals surface area contributed by atoms with Gasteiger partial charge in [-0.05, 0) is 76.2 Å². The number of nitrogens with zero attached hydrogens (tertiary/aromatic N) is 3. The van der Waals surface area contributed by atoms with Crippen LogP contribution in [-0.4, -0.2) is 40.0 Å². The Kier molecular flexibility index (Phi) is 7.26. The number of allylic oxidation sites excluding steroid dienone is 2. The fourth-order valence-corrected chi connectivity index (χ4v) is 6.55. The molecule has 198 valence electrons. The van der Waals surface area contributed by atoms with Gasteiger partial charge in [0.25, 0.3) is 0 Å². The molecule has 1 aromatic carbocycles. The van der Waals surface area contributed by atoms with E-state index in [0.29, 0.717) is 5.65 Å². The van der Waals surface area contributed by atoms with E-state index in [1.165, 1.54) is 52.0 Å². The SMILES string of the molecule is C=N/C=C(\C=C(/C)CNCC1CCCC1)c1cnc2n[nH]c(-c3cc4c(-c5ccc(C)s5)cccc4[nH]3)c2c1. The van der Waals surface area contributed by atoms with Crippen molar-refractivity contribution in [1.29, 1.82) is 0 Å². The average molecular weight is 535 g/mol. The molecule has 5 aromatic rings. The van der Waals surface area contributed by atoms with E-state index < -0.39 is 0 Å². The molecule has 4 heterocycles. The Morgan fingerprint density at radius 2 is 2.05 bits per heavy atom. The van der Waals surface area contributed by atoms with Gasteiger partial charge in [-0.3, -0.25) is 10.1 Å². The van der Waals surface area contributed by atoms with Crippen molar-refractivity contribution in [3.8, 4) is 21.8 Å². The van der Waals surface area contributed by atoms with Gasteiger partial charge in [0.2, 0.25) is 0 Å².